The van der Waals surface area contributed by atoms with Gasteiger partial charge in [-0.15, -0.1) is 0 Å². The van der Waals surface area contributed by atoms with Crippen molar-refractivity contribution in [3.8, 4) is 5.75 Å². The van der Waals surface area contributed by atoms with Crippen LogP contribution in [0.4, 0.5) is 21.9 Å². The predicted octanol–water partition coefficient (Wildman–Crippen LogP) is 5.96. The van der Waals surface area contributed by atoms with Crippen molar-refractivity contribution in [2.24, 2.45) is 0 Å². The number of amides is 3. The molecule has 4 aromatic carbocycles. The van der Waals surface area contributed by atoms with Crippen LogP contribution in [0.15, 0.2) is 97.1 Å². The van der Waals surface area contributed by atoms with Crippen molar-refractivity contribution >= 4 is 40.9 Å². The molecule has 10 heteroatoms. The second-order valence-corrected chi connectivity index (χ2v) is 9.97. The first-order valence-corrected chi connectivity index (χ1v) is 13.9. The van der Waals surface area contributed by atoms with Gasteiger partial charge in [-0.3, -0.25) is 9.59 Å². The molecule has 4 N–H and O–H groups in total. The van der Waals surface area contributed by atoms with Gasteiger partial charge in [0.1, 0.15) is 12.4 Å². The first-order chi connectivity index (χ1) is 21.2. The highest BCUT2D eigenvalue weighted by molar-refractivity contribution is 6.00. The minimum atomic E-state index is -1.14. The molecule has 226 valence electrons. The predicted molar refractivity (Wildman–Crippen MR) is 167 cm³/mol. The number of carboxylic acids is 1. The van der Waals surface area contributed by atoms with E-state index in [2.05, 4.69) is 16.0 Å². The highest BCUT2D eigenvalue weighted by Crippen LogP contribution is 2.25. The second-order valence-electron chi connectivity index (χ2n) is 9.97. The number of aliphatic carboxylic acids is 1. The lowest BCUT2D eigenvalue weighted by Crippen LogP contribution is -2.20. The summed E-state index contributed by atoms with van der Waals surface area (Å²) in [6, 6.07) is 28.1. The average Bonchev–Trinajstić information content (AvgIpc) is 3.01. The van der Waals surface area contributed by atoms with Crippen LogP contribution in [0.2, 0.25) is 0 Å². The Morgan fingerprint density at radius 2 is 1.45 bits per heavy atom. The maximum atomic E-state index is 12.8. The Bertz CT molecular complexity index is 1610. The van der Waals surface area contributed by atoms with E-state index in [1.54, 1.807) is 42.5 Å². The fourth-order valence-electron chi connectivity index (χ4n) is 4.27. The molecule has 0 aliphatic rings. The number of hydrogen-bond acceptors (Lipinski definition) is 6. The summed E-state index contributed by atoms with van der Waals surface area (Å²) >= 11 is 0. The molecule has 4 rings (SSSR count). The Labute approximate surface area is 255 Å². The molecule has 10 nitrogen and oxygen atoms in total. The number of ether oxygens (including phenoxy) is 2. The number of carboxylic acid groups (broad SMARTS) is 1. The maximum Gasteiger partial charge on any atom is 0.341 e. The Morgan fingerprint density at radius 1 is 0.750 bits per heavy atom. The molecule has 44 heavy (non-hydrogen) atoms. The third kappa shape index (κ3) is 10.0. The van der Waals surface area contributed by atoms with Gasteiger partial charge in [-0.2, -0.15) is 0 Å². The number of aryl methyl sites for hydroxylation is 2. The van der Waals surface area contributed by atoms with Gasteiger partial charge in [-0.25, -0.2) is 9.59 Å². The molecule has 0 aliphatic heterocycles. The highest BCUT2D eigenvalue weighted by atomic mass is 16.5. The van der Waals surface area contributed by atoms with Crippen LogP contribution in [0.25, 0.3) is 0 Å². The van der Waals surface area contributed by atoms with Gasteiger partial charge in [0.2, 0.25) is 5.91 Å². The van der Waals surface area contributed by atoms with Gasteiger partial charge in [0.05, 0.1) is 6.42 Å². The summed E-state index contributed by atoms with van der Waals surface area (Å²) in [5.74, 6) is -1.53. The van der Waals surface area contributed by atoms with Crippen molar-refractivity contribution in [1.82, 2.24) is 0 Å². The summed E-state index contributed by atoms with van der Waals surface area (Å²) in [7, 11) is 0. The van der Waals surface area contributed by atoms with Crippen molar-refractivity contribution in [2.75, 3.05) is 22.6 Å². The number of rotatable bonds is 13. The number of anilines is 3. The molecule has 0 saturated carbocycles. The fourth-order valence-corrected chi connectivity index (χ4v) is 4.27. The maximum absolute atomic E-state index is 12.8. The van der Waals surface area contributed by atoms with Crippen molar-refractivity contribution < 1.29 is 33.8 Å². The minimum Gasteiger partial charge on any atom is -0.482 e. The van der Waals surface area contributed by atoms with Crippen molar-refractivity contribution in [2.45, 2.75) is 32.8 Å². The van der Waals surface area contributed by atoms with Crippen LogP contribution in [0, 0.1) is 6.92 Å². The van der Waals surface area contributed by atoms with Crippen LogP contribution in [0.1, 0.15) is 28.7 Å². The molecule has 0 atom stereocenters. The van der Waals surface area contributed by atoms with Crippen molar-refractivity contribution in [3.05, 3.63) is 119 Å². The van der Waals surface area contributed by atoms with Gasteiger partial charge in [0.25, 0.3) is 0 Å². The third-order valence-corrected chi connectivity index (χ3v) is 6.51. The van der Waals surface area contributed by atoms with E-state index in [0.717, 1.165) is 16.7 Å². The van der Waals surface area contributed by atoms with Crippen LogP contribution in [-0.2, 0) is 38.6 Å². The Balaban J connectivity index is 1.32. The van der Waals surface area contributed by atoms with Crippen molar-refractivity contribution in [3.63, 3.8) is 0 Å². The van der Waals surface area contributed by atoms with Gasteiger partial charge in [0.15, 0.2) is 6.61 Å². The molecule has 0 radical (unpaired) electrons. The zero-order valence-electron chi connectivity index (χ0n) is 24.2. The number of benzene rings is 4. The monoisotopic (exact) mass is 595 g/mol. The van der Waals surface area contributed by atoms with Crippen LogP contribution in [0.5, 0.6) is 5.75 Å². The zero-order chi connectivity index (χ0) is 31.3. The number of hydrogen-bond donors (Lipinski definition) is 4. The van der Waals surface area contributed by atoms with E-state index in [9.17, 15) is 19.2 Å². The van der Waals surface area contributed by atoms with Crippen LogP contribution in [0.3, 0.4) is 0 Å². The summed E-state index contributed by atoms with van der Waals surface area (Å²) in [6.45, 7) is 1.51. The lowest BCUT2D eigenvalue weighted by molar-refractivity contribution is -0.145. The van der Waals surface area contributed by atoms with E-state index >= 15 is 0 Å². The van der Waals surface area contributed by atoms with E-state index < -0.39 is 18.5 Å². The highest BCUT2D eigenvalue weighted by Gasteiger charge is 2.13. The SMILES string of the molecule is Cc1ccccc1NC(=O)Nc1ccc(CC(=O)Nc2ccc(OCC(=O)O)c(CCC(=O)OCc3ccccc3)c2)cc1. The number of nitrogens with one attached hydrogen (secondary N) is 3. The van der Waals surface area contributed by atoms with E-state index in [1.807, 2.05) is 61.5 Å². The number of urea groups is 1. The van der Waals surface area contributed by atoms with Crippen molar-refractivity contribution in [1.29, 1.82) is 0 Å². The summed E-state index contributed by atoms with van der Waals surface area (Å²) in [5, 5.41) is 17.4. The molecular formula is C34H33N3O7. The number of carbonyl (C=O) groups is 4. The van der Waals surface area contributed by atoms with Crippen LogP contribution in [-0.4, -0.2) is 35.6 Å². The third-order valence-electron chi connectivity index (χ3n) is 6.51. The fraction of sp³-hybridized carbons (Fsp3) is 0.176. The van der Waals surface area contributed by atoms with Gasteiger partial charge in [0, 0.05) is 23.5 Å². The summed E-state index contributed by atoms with van der Waals surface area (Å²) in [6.07, 6.45) is 0.337. The molecule has 0 aliphatic carbocycles. The van der Waals surface area contributed by atoms with E-state index in [4.69, 9.17) is 14.6 Å². The second kappa shape index (κ2) is 15.5. The zero-order valence-corrected chi connectivity index (χ0v) is 24.2. The molecule has 0 spiro atoms. The van der Waals surface area contributed by atoms with Gasteiger partial charge in [-0.1, -0.05) is 60.7 Å². The van der Waals surface area contributed by atoms with E-state index in [1.165, 1.54) is 0 Å². The van der Waals surface area contributed by atoms with Gasteiger partial charge >= 0.3 is 18.0 Å². The average molecular weight is 596 g/mol. The Morgan fingerprint density at radius 3 is 2.18 bits per heavy atom. The normalized spacial score (nSPS) is 10.4. The first kappa shape index (κ1) is 31.3. The van der Waals surface area contributed by atoms with Crippen LogP contribution >= 0.6 is 0 Å². The lowest BCUT2D eigenvalue weighted by Gasteiger charge is -2.13. The number of esters is 1. The topological polar surface area (TPSA) is 143 Å². The summed E-state index contributed by atoms with van der Waals surface area (Å²) in [4.78, 5) is 48.5. The van der Waals surface area contributed by atoms with E-state index in [0.29, 0.717) is 28.4 Å². The van der Waals surface area contributed by atoms with E-state index in [-0.39, 0.29) is 37.8 Å². The summed E-state index contributed by atoms with van der Waals surface area (Å²) < 4.78 is 10.7. The standard InChI is InChI=1S/C34H33N3O7/c1-23-7-5-6-10-29(23)37-34(42)36-27-14-11-24(12-15-27)19-31(38)35-28-16-17-30(43-22-32(39)40)26(20-28)13-18-33(41)44-21-25-8-3-2-4-9-25/h2-12,14-17,20H,13,18-19,21-22H2,1H3,(H,35,38)(H,39,40)(H2,36,37,42). The van der Waals surface area contributed by atoms with Crippen LogP contribution < -0.4 is 20.7 Å². The molecule has 0 fully saturated rings. The molecule has 4 aromatic rings. The van der Waals surface area contributed by atoms with Gasteiger partial charge < -0.3 is 30.5 Å². The number of para-hydroxylation sites is 1. The first-order valence-electron chi connectivity index (χ1n) is 13.9. The number of carbonyl (C=O) groups excluding carboxylic acids is 3. The van der Waals surface area contributed by atoms with Gasteiger partial charge in [-0.05, 0) is 72.0 Å². The molecule has 0 unspecified atom stereocenters. The molecular weight excluding hydrogens is 562 g/mol. The smallest absolute Gasteiger partial charge is 0.341 e. The molecule has 0 aromatic heterocycles. The summed E-state index contributed by atoms with van der Waals surface area (Å²) in [5.41, 5.74) is 4.85. The largest absolute Gasteiger partial charge is 0.482 e. The molecule has 3 amide bonds. The molecule has 0 bridgehead atoms. The molecule has 0 saturated heterocycles. The lowest BCUT2D eigenvalue weighted by atomic mass is 10.1. The molecule has 0 heterocycles. The minimum absolute atomic E-state index is 0.0387. The Hall–Kier alpha value is -5.64. The Kier molecular flexibility index (Phi) is 11.1. The quantitative estimate of drug-likeness (QED) is 0.140.